The molecular weight excluding hydrogens is 370 g/mol. The van der Waals surface area contributed by atoms with E-state index in [2.05, 4.69) is 29.0 Å². The summed E-state index contributed by atoms with van der Waals surface area (Å²) < 4.78 is 7.09. The number of aromatic hydroxyl groups is 1. The van der Waals surface area contributed by atoms with Crippen molar-refractivity contribution in [3.8, 4) is 22.1 Å². The zero-order chi connectivity index (χ0) is 19.1. The van der Waals surface area contributed by atoms with Crippen molar-refractivity contribution in [3.63, 3.8) is 0 Å². The third-order valence-corrected chi connectivity index (χ3v) is 6.96. The number of ether oxygens (including phenoxy) is 1. The molecule has 0 radical (unpaired) electrons. The van der Waals surface area contributed by atoms with Crippen LogP contribution in [-0.2, 0) is 6.54 Å². The summed E-state index contributed by atoms with van der Waals surface area (Å²) in [6.45, 7) is 4.53. The molecule has 0 saturated carbocycles. The van der Waals surface area contributed by atoms with E-state index in [1.54, 1.807) is 17.4 Å². The molecule has 5 rings (SSSR count). The van der Waals surface area contributed by atoms with Crippen LogP contribution in [-0.4, -0.2) is 59.2 Å². The molecule has 1 fully saturated rings. The van der Waals surface area contributed by atoms with Crippen LogP contribution in [0.2, 0.25) is 0 Å². The number of likely N-dealkylation sites (N-methyl/N-ethyl adjacent to an activating group) is 1. The largest absolute Gasteiger partial charge is 0.504 e. The highest BCUT2D eigenvalue weighted by Gasteiger charge is 2.26. The smallest absolute Gasteiger partial charge is 0.165 e. The number of phenolic OH excluding ortho intramolecular Hbond substituents is 1. The quantitative estimate of drug-likeness (QED) is 0.728. The Kier molecular flexibility index (Phi) is 4.70. The number of nitrogens with zero attached hydrogens (tertiary/aromatic N) is 3. The third-order valence-electron chi connectivity index (χ3n) is 5.88. The first-order chi connectivity index (χ1) is 13.7. The summed E-state index contributed by atoms with van der Waals surface area (Å²) in [5, 5.41) is 11.6. The minimum Gasteiger partial charge on any atom is -0.504 e. The fourth-order valence-corrected chi connectivity index (χ4v) is 5.29. The van der Waals surface area contributed by atoms with Gasteiger partial charge in [0.15, 0.2) is 11.5 Å². The molecule has 146 valence electrons. The van der Waals surface area contributed by atoms with Crippen molar-refractivity contribution in [2.75, 3.05) is 33.3 Å². The van der Waals surface area contributed by atoms with Crippen molar-refractivity contribution in [3.05, 3.63) is 42.0 Å². The van der Waals surface area contributed by atoms with Gasteiger partial charge in [0.2, 0.25) is 0 Å². The molecule has 2 aliphatic heterocycles. The maximum absolute atomic E-state index is 10.6. The van der Waals surface area contributed by atoms with Crippen LogP contribution in [0.3, 0.4) is 0 Å². The van der Waals surface area contributed by atoms with Gasteiger partial charge in [-0.3, -0.25) is 4.90 Å². The maximum Gasteiger partial charge on any atom is 0.165 e. The molecule has 1 aromatic heterocycles. The zero-order valence-electron chi connectivity index (χ0n) is 16.1. The van der Waals surface area contributed by atoms with Crippen LogP contribution in [0.25, 0.3) is 20.8 Å². The Morgan fingerprint density at radius 1 is 1.25 bits per heavy atom. The van der Waals surface area contributed by atoms with Gasteiger partial charge in [-0.15, -0.1) is 11.3 Å². The standard InChI is InChI=1S/C22H25N3O2S/c1-24-8-4-5-17(24)14-25-9-10-27-21-16(13-25)11-15(12-19(21)26)22-23-18-6-2-3-7-20(18)28-22/h2-3,6-7,11-12,17,26H,4-5,8-10,13-14H2,1H3/t17-/m0/s1. The van der Waals surface area contributed by atoms with Crippen LogP contribution in [0.15, 0.2) is 36.4 Å². The van der Waals surface area contributed by atoms with Crippen molar-refractivity contribution in [2.45, 2.75) is 25.4 Å². The minimum absolute atomic E-state index is 0.214. The van der Waals surface area contributed by atoms with Crippen molar-refractivity contribution < 1.29 is 9.84 Å². The fraction of sp³-hybridized carbons (Fsp3) is 0.409. The van der Waals surface area contributed by atoms with Crippen LogP contribution in [0.5, 0.6) is 11.5 Å². The first kappa shape index (κ1) is 17.9. The van der Waals surface area contributed by atoms with E-state index in [4.69, 9.17) is 9.72 Å². The van der Waals surface area contributed by atoms with Crippen LogP contribution >= 0.6 is 11.3 Å². The van der Waals surface area contributed by atoms with Crippen molar-refractivity contribution in [2.24, 2.45) is 0 Å². The number of phenols is 1. The Labute approximate surface area is 169 Å². The van der Waals surface area contributed by atoms with Crippen molar-refractivity contribution in [1.82, 2.24) is 14.8 Å². The topological polar surface area (TPSA) is 48.8 Å². The van der Waals surface area contributed by atoms with Crippen molar-refractivity contribution in [1.29, 1.82) is 0 Å². The van der Waals surface area contributed by atoms with Gasteiger partial charge in [-0.1, -0.05) is 12.1 Å². The highest BCUT2D eigenvalue weighted by Crippen LogP contribution is 2.39. The van der Waals surface area contributed by atoms with Gasteiger partial charge in [0.1, 0.15) is 11.6 Å². The SMILES string of the molecule is CN1CCC[C@H]1CN1CCOc2c(O)cc(-c3nc4ccccc4s3)cc2C1. The number of thiazole rings is 1. The fourth-order valence-electron chi connectivity index (χ4n) is 4.34. The Morgan fingerprint density at radius 3 is 2.96 bits per heavy atom. The van der Waals surface area contributed by atoms with E-state index in [0.29, 0.717) is 18.4 Å². The number of benzene rings is 2. The average molecular weight is 396 g/mol. The number of hydrogen-bond acceptors (Lipinski definition) is 6. The van der Waals surface area contributed by atoms with Gasteiger partial charge in [0.25, 0.3) is 0 Å². The number of aromatic nitrogens is 1. The van der Waals surface area contributed by atoms with Gasteiger partial charge in [-0.25, -0.2) is 4.98 Å². The number of likely N-dealkylation sites (tertiary alicyclic amines) is 1. The molecule has 28 heavy (non-hydrogen) atoms. The highest BCUT2D eigenvalue weighted by atomic mass is 32.1. The summed E-state index contributed by atoms with van der Waals surface area (Å²) >= 11 is 1.66. The second-order valence-corrected chi connectivity index (χ2v) is 8.86. The van der Waals surface area contributed by atoms with Crippen molar-refractivity contribution >= 4 is 21.6 Å². The predicted molar refractivity (Wildman–Crippen MR) is 113 cm³/mol. The Balaban J connectivity index is 1.45. The molecule has 1 N–H and O–H groups in total. The molecule has 1 atom stereocenters. The van der Waals surface area contributed by atoms with E-state index >= 15 is 0 Å². The van der Waals surface area contributed by atoms with Gasteiger partial charge in [0, 0.05) is 36.8 Å². The van der Waals surface area contributed by atoms with Gasteiger partial charge >= 0.3 is 0 Å². The van der Waals surface area contributed by atoms with E-state index < -0.39 is 0 Å². The number of rotatable bonds is 3. The number of fused-ring (bicyclic) bond motifs is 2. The lowest BCUT2D eigenvalue weighted by Crippen LogP contribution is -2.39. The predicted octanol–water partition coefficient (Wildman–Crippen LogP) is 3.96. The summed E-state index contributed by atoms with van der Waals surface area (Å²) in [4.78, 5) is 9.67. The minimum atomic E-state index is 0.214. The Morgan fingerprint density at radius 2 is 2.14 bits per heavy atom. The lowest BCUT2D eigenvalue weighted by molar-refractivity contribution is 0.172. The lowest BCUT2D eigenvalue weighted by atomic mass is 10.1. The molecule has 2 aliphatic rings. The Bertz CT molecular complexity index is 970. The number of hydrogen-bond donors (Lipinski definition) is 1. The van der Waals surface area contributed by atoms with Crippen LogP contribution in [0.1, 0.15) is 18.4 Å². The van der Waals surface area contributed by atoms with E-state index in [1.165, 1.54) is 19.4 Å². The summed E-state index contributed by atoms with van der Waals surface area (Å²) in [6.07, 6.45) is 2.54. The normalized spacial score (nSPS) is 20.8. The first-order valence-corrected chi connectivity index (χ1v) is 10.8. The zero-order valence-corrected chi connectivity index (χ0v) is 16.9. The number of para-hydroxylation sites is 1. The van der Waals surface area contributed by atoms with E-state index in [1.807, 2.05) is 18.2 Å². The second-order valence-electron chi connectivity index (χ2n) is 7.83. The molecule has 2 aromatic carbocycles. The molecule has 6 heteroatoms. The van der Waals surface area contributed by atoms with E-state index in [9.17, 15) is 5.11 Å². The summed E-state index contributed by atoms with van der Waals surface area (Å²) in [6, 6.07) is 12.7. The molecular formula is C22H25N3O2S. The van der Waals surface area contributed by atoms with E-state index in [0.717, 1.165) is 46.0 Å². The van der Waals surface area contributed by atoms with Crippen LogP contribution in [0.4, 0.5) is 0 Å². The highest BCUT2D eigenvalue weighted by molar-refractivity contribution is 7.21. The summed E-state index contributed by atoms with van der Waals surface area (Å²) in [5.74, 6) is 0.846. The molecule has 0 spiro atoms. The first-order valence-electron chi connectivity index (χ1n) is 9.94. The molecule has 1 saturated heterocycles. The molecule has 0 aliphatic carbocycles. The molecule has 0 bridgehead atoms. The lowest BCUT2D eigenvalue weighted by Gasteiger charge is -2.27. The molecule has 3 heterocycles. The summed E-state index contributed by atoms with van der Waals surface area (Å²) in [7, 11) is 2.22. The third kappa shape index (κ3) is 3.36. The Hall–Kier alpha value is -2.15. The van der Waals surface area contributed by atoms with E-state index in [-0.39, 0.29) is 5.75 Å². The van der Waals surface area contributed by atoms with Gasteiger partial charge < -0.3 is 14.7 Å². The van der Waals surface area contributed by atoms with Gasteiger partial charge in [-0.05, 0) is 50.7 Å². The molecule has 3 aromatic rings. The van der Waals surface area contributed by atoms with Gasteiger partial charge in [0.05, 0.1) is 10.2 Å². The second kappa shape index (κ2) is 7.35. The average Bonchev–Trinajstić information content (AvgIpc) is 3.23. The molecule has 0 amide bonds. The monoisotopic (exact) mass is 395 g/mol. The molecule has 0 unspecified atom stereocenters. The molecule has 5 nitrogen and oxygen atoms in total. The maximum atomic E-state index is 10.6. The van der Waals surface area contributed by atoms with Gasteiger partial charge in [-0.2, -0.15) is 0 Å². The summed E-state index contributed by atoms with van der Waals surface area (Å²) in [5.41, 5.74) is 3.01. The van der Waals surface area contributed by atoms with Crippen LogP contribution < -0.4 is 4.74 Å². The van der Waals surface area contributed by atoms with Crippen LogP contribution in [0, 0.1) is 0 Å².